The Balaban J connectivity index is 2.29. The molecular formula is C14H17ClN2. The van der Waals surface area contributed by atoms with Crippen LogP contribution in [0.5, 0.6) is 0 Å². The third-order valence-corrected chi connectivity index (χ3v) is 3.24. The molecule has 3 heteroatoms. The molecule has 0 saturated heterocycles. The van der Waals surface area contributed by atoms with Crippen LogP contribution in [-0.4, -0.2) is 5.71 Å². The molecular weight excluding hydrogens is 232 g/mol. The highest BCUT2D eigenvalue weighted by Gasteiger charge is 2.14. The van der Waals surface area contributed by atoms with Crippen molar-refractivity contribution in [3.05, 3.63) is 46.6 Å². The van der Waals surface area contributed by atoms with E-state index in [1.807, 2.05) is 12.1 Å². The van der Waals surface area contributed by atoms with Gasteiger partial charge in [-0.2, -0.15) is 5.10 Å². The Morgan fingerprint density at radius 3 is 2.71 bits per heavy atom. The van der Waals surface area contributed by atoms with Crippen molar-refractivity contribution in [2.75, 3.05) is 0 Å². The fourth-order valence-electron chi connectivity index (χ4n) is 1.99. The second-order valence-electron chi connectivity index (χ2n) is 4.37. The van der Waals surface area contributed by atoms with Gasteiger partial charge in [-0.25, -0.2) is 0 Å². The zero-order valence-corrected chi connectivity index (χ0v) is 11.0. The first kappa shape index (κ1) is 12.2. The Hall–Kier alpha value is -1.28. The van der Waals surface area contributed by atoms with Crippen LogP contribution in [0.2, 0.25) is 5.02 Å². The third-order valence-electron chi connectivity index (χ3n) is 2.99. The third kappa shape index (κ3) is 3.10. The molecule has 1 aromatic carbocycles. The molecule has 17 heavy (non-hydrogen) atoms. The first-order valence-electron chi connectivity index (χ1n) is 5.94. The molecule has 1 heterocycles. The summed E-state index contributed by atoms with van der Waals surface area (Å²) in [4.78, 5) is 0. The number of nitrogens with zero attached hydrogens (tertiary/aromatic N) is 1. The standard InChI is InChI=1S/C14H17ClN2/c1-3-14-9-12(8-10(2)16-17-14)11-4-6-13(15)7-5-11/h4-7,9,12,17H,3,8H2,1-2H3. The minimum absolute atomic E-state index is 0.390. The lowest BCUT2D eigenvalue weighted by Crippen LogP contribution is -2.04. The predicted molar refractivity (Wildman–Crippen MR) is 73.4 cm³/mol. The second kappa shape index (κ2) is 5.37. The first-order chi connectivity index (χ1) is 8.19. The fraction of sp³-hybridized carbons (Fsp3) is 0.357. The Labute approximate surface area is 107 Å². The summed E-state index contributed by atoms with van der Waals surface area (Å²) in [6.45, 7) is 4.19. The van der Waals surface area contributed by atoms with Crippen LogP contribution in [-0.2, 0) is 0 Å². The largest absolute Gasteiger partial charge is 0.283 e. The van der Waals surface area contributed by atoms with Crippen LogP contribution < -0.4 is 5.43 Å². The number of hydrogen-bond acceptors (Lipinski definition) is 2. The summed E-state index contributed by atoms with van der Waals surface area (Å²) in [6, 6.07) is 8.08. The van der Waals surface area contributed by atoms with E-state index in [0.29, 0.717) is 5.92 Å². The van der Waals surface area contributed by atoms with Gasteiger partial charge >= 0.3 is 0 Å². The van der Waals surface area contributed by atoms with Crippen LogP contribution in [0.15, 0.2) is 41.1 Å². The fourth-order valence-corrected chi connectivity index (χ4v) is 2.12. The van der Waals surface area contributed by atoms with Crippen molar-refractivity contribution < 1.29 is 0 Å². The van der Waals surface area contributed by atoms with Gasteiger partial charge in [-0.3, -0.25) is 5.43 Å². The van der Waals surface area contributed by atoms with E-state index in [1.165, 1.54) is 11.3 Å². The van der Waals surface area contributed by atoms with Gasteiger partial charge in [0.15, 0.2) is 0 Å². The zero-order valence-electron chi connectivity index (χ0n) is 10.2. The lowest BCUT2D eigenvalue weighted by atomic mass is 9.93. The highest BCUT2D eigenvalue weighted by molar-refractivity contribution is 6.30. The van der Waals surface area contributed by atoms with E-state index >= 15 is 0 Å². The summed E-state index contributed by atoms with van der Waals surface area (Å²) >= 11 is 5.92. The van der Waals surface area contributed by atoms with Gasteiger partial charge in [-0.15, -0.1) is 0 Å². The second-order valence-corrected chi connectivity index (χ2v) is 4.80. The van der Waals surface area contributed by atoms with E-state index in [-0.39, 0.29) is 0 Å². The van der Waals surface area contributed by atoms with Crippen molar-refractivity contribution in [1.29, 1.82) is 0 Å². The van der Waals surface area contributed by atoms with Gasteiger partial charge in [-0.05, 0) is 37.5 Å². The minimum atomic E-state index is 0.390. The lowest BCUT2D eigenvalue weighted by molar-refractivity contribution is 0.820. The van der Waals surface area contributed by atoms with Crippen molar-refractivity contribution in [3.8, 4) is 0 Å². The van der Waals surface area contributed by atoms with Crippen molar-refractivity contribution in [2.45, 2.75) is 32.6 Å². The maximum absolute atomic E-state index is 5.92. The molecule has 0 amide bonds. The first-order valence-corrected chi connectivity index (χ1v) is 6.32. The molecule has 1 aromatic rings. The van der Waals surface area contributed by atoms with Gasteiger partial charge in [0.1, 0.15) is 0 Å². The van der Waals surface area contributed by atoms with Crippen LogP contribution in [0.3, 0.4) is 0 Å². The molecule has 2 nitrogen and oxygen atoms in total. The van der Waals surface area contributed by atoms with Crippen LogP contribution in [0.1, 0.15) is 38.2 Å². The summed E-state index contributed by atoms with van der Waals surface area (Å²) in [6.07, 6.45) is 4.20. The topological polar surface area (TPSA) is 24.4 Å². The van der Waals surface area contributed by atoms with Crippen LogP contribution in [0.25, 0.3) is 0 Å². The smallest absolute Gasteiger partial charge is 0.0406 e. The summed E-state index contributed by atoms with van der Waals surface area (Å²) < 4.78 is 0. The minimum Gasteiger partial charge on any atom is -0.283 e. The number of allylic oxidation sites excluding steroid dienone is 2. The average molecular weight is 249 g/mol. The molecule has 0 spiro atoms. The Kier molecular flexibility index (Phi) is 3.85. The van der Waals surface area contributed by atoms with E-state index in [2.05, 4.69) is 42.6 Å². The monoisotopic (exact) mass is 248 g/mol. The highest BCUT2D eigenvalue weighted by Crippen LogP contribution is 2.26. The number of hydrazone groups is 1. The molecule has 1 aliphatic heterocycles. The summed E-state index contributed by atoms with van der Waals surface area (Å²) in [5, 5.41) is 5.12. The van der Waals surface area contributed by atoms with Crippen molar-refractivity contribution in [2.24, 2.45) is 5.10 Å². The molecule has 1 aliphatic rings. The van der Waals surface area contributed by atoms with E-state index in [9.17, 15) is 0 Å². The van der Waals surface area contributed by atoms with Gasteiger partial charge in [0.2, 0.25) is 0 Å². The number of rotatable bonds is 2. The van der Waals surface area contributed by atoms with Gasteiger partial charge < -0.3 is 0 Å². The molecule has 0 bridgehead atoms. The van der Waals surface area contributed by atoms with E-state index < -0.39 is 0 Å². The molecule has 0 fully saturated rings. The molecule has 90 valence electrons. The van der Waals surface area contributed by atoms with Crippen LogP contribution in [0, 0.1) is 0 Å². The Morgan fingerprint density at radius 1 is 1.35 bits per heavy atom. The van der Waals surface area contributed by atoms with E-state index in [1.54, 1.807) is 0 Å². The van der Waals surface area contributed by atoms with E-state index in [4.69, 9.17) is 11.6 Å². The Morgan fingerprint density at radius 2 is 2.06 bits per heavy atom. The molecule has 1 unspecified atom stereocenters. The number of nitrogens with one attached hydrogen (secondary N) is 1. The van der Waals surface area contributed by atoms with E-state index in [0.717, 1.165) is 23.6 Å². The zero-order chi connectivity index (χ0) is 12.3. The van der Waals surface area contributed by atoms with Gasteiger partial charge in [-0.1, -0.05) is 36.7 Å². The quantitative estimate of drug-likeness (QED) is 0.838. The van der Waals surface area contributed by atoms with Gasteiger partial charge in [0, 0.05) is 22.3 Å². The molecule has 1 N–H and O–H groups in total. The molecule has 0 saturated carbocycles. The van der Waals surface area contributed by atoms with Crippen molar-refractivity contribution in [3.63, 3.8) is 0 Å². The lowest BCUT2D eigenvalue weighted by Gasteiger charge is -2.12. The molecule has 0 radical (unpaired) electrons. The predicted octanol–water partition coefficient (Wildman–Crippen LogP) is 4.09. The molecule has 1 atom stereocenters. The summed E-state index contributed by atoms with van der Waals surface area (Å²) in [5.74, 6) is 0.390. The summed E-state index contributed by atoms with van der Waals surface area (Å²) in [5.41, 5.74) is 6.72. The van der Waals surface area contributed by atoms with Crippen molar-refractivity contribution in [1.82, 2.24) is 5.43 Å². The van der Waals surface area contributed by atoms with Crippen LogP contribution >= 0.6 is 11.6 Å². The number of halogens is 1. The SMILES string of the molecule is CCC1=CC(c2ccc(Cl)cc2)CC(C)=NN1. The maximum Gasteiger partial charge on any atom is 0.0406 e. The maximum atomic E-state index is 5.92. The van der Waals surface area contributed by atoms with Crippen molar-refractivity contribution >= 4 is 17.3 Å². The molecule has 0 aliphatic carbocycles. The average Bonchev–Trinajstić information content (AvgIpc) is 2.52. The Bertz CT molecular complexity index is 446. The normalized spacial score (nSPS) is 20.1. The summed E-state index contributed by atoms with van der Waals surface area (Å²) in [7, 11) is 0. The number of hydrogen-bond donors (Lipinski definition) is 1. The van der Waals surface area contributed by atoms with Crippen LogP contribution in [0.4, 0.5) is 0 Å². The molecule has 0 aromatic heterocycles. The highest BCUT2D eigenvalue weighted by atomic mass is 35.5. The van der Waals surface area contributed by atoms with Gasteiger partial charge in [0.05, 0.1) is 0 Å². The molecule has 2 rings (SSSR count). The number of benzene rings is 1. The van der Waals surface area contributed by atoms with Gasteiger partial charge in [0.25, 0.3) is 0 Å².